The molecule has 0 fully saturated rings. The molecule has 11 heteroatoms. The Kier molecular flexibility index (Phi) is 14.3. The summed E-state index contributed by atoms with van der Waals surface area (Å²) in [4.78, 5) is 35.7. The van der Waals surface area contributed by atoms with Crippen LogP contribution in [0, 0.1) is 0 Å². The molecule has 39 heavy (non-hydrogen) atoms. The first-order valence-corrected chi connectivity index (χ1v) is 13.1. The van der Waals surface area contributed by atoms with E-state index in [9.17, 15) is 18.4 Å². The lowest BCUT2D eigenvalue weighted by Gasteiger charge is -2.14. The number of carbonyl (C=O) groups excluding carboxylic acids is 2. The molecule has 0 spiro atoms. The summed E-state index contributed by atoms with van der Waals surface area (Å²) in [5, 5.41) is 5.38. The Labute approximate surface area is 239 Å². The highest BCUT2D eigenvalue weighted by atomic mass is 35.5. The van der Waals surface area contributed by atoms with Crippen molar-refractivity contribution >= 4 is 52.6 Å². The van der Waals surface area contributed by atoms with Crippen LogP contribution in [0.2, 0.25) is 5.02 Å². The van der Waals surface area contributed by atoms with Crippen LogP contribution in [0.1, 0.15) is 52.5 Å². The lowest BCUT2D eigenvalue weighted by molar-refractivity contribution is -0.117. The van der Waals surface area contributed by atoms with Gasteiger partial charge in [-0.05, 0) is 84.4 Å². The largest absolute Gasteiger partial charge is 0.345 e. The van der Waals surface area contributed by atoms with Crippen molar-refractivity contribution in [3.05, 3.63) is 63.4 Å². The number of aliphatic imine (C=N–C) groups is 2. The number of carbonyl (C=O) groups is 2. The predicted octanol–water partition coefficient (Wildman–Crippen LogP) is 6.70. The molecular weight excluding hydrogens is 547 g/mol. The Hall–Kier alpha value is -2.88. The average molecular weight is 585 g/mol. The van der Waals surface area contributed by atoms with E-state index >= 15 is 0 Å². The molecule has 214 valence electrons. The molecule has 0 aliphatic carbocycles. The number of amides is 2. The summed E-state index contributed by atoms with van der Waals surface area (Å²) in [6.45, 7) is 10.6. The van der Waals surface area contributed by atoms with Crippen molar-refractivity contribution in [1.29, 1.82) is 0 Å². The molecule has 0 atom stereocenters. The summed E-state index contributed by atoms with van der Waals surface area (Å²) >= 11 is 12.3. The van der Waals surface area contributed by atoms with Crippen molar-refractivity contribution in [3.8, 4) is 0 Å². The number of hydrogen-bond acceptors (Lipinski definition) is 5. The van der Waals surface area contributed by atoms with Crippen molar-refractivity contribution in [2.75, 3.05) is 32.5 Å². The number of nitrogens with zero attached hydrogens (tertiary/aromatic N) is 3. The Morgan fingerprint density at radius 2 is 1.85 bits per heavy atom. The molecule has 0 aromatic heterocycles. The lowest BCUT2D eigenvalue weighted by atomic mass is 10.1. The first kappa shape index (κ1) is 34.1. The highest BCUT2D eigenvalue weighted by Gasteiger charge is 2.27. The summed E-state index contributed by atoms with van der Waals surface area (Å²) < 4.78 is 27.4. The molecule has 2 amide bonds. The fraction of sp³-hybridized carbons (Fsp3) is 0.429. The second kappa shape index (κ2) is 16.3. The number of unbranched alkanes of at least 4 members (excludes halogenated alkanes) is 1. The van der Waals surface area contributed by atoms with Gasteiger partial charge in [-0.15, -0.1) is 0 Å². The number of allylic oxidation sites excluding steroid dienone is 2. The van der Waals surface area contributed by atoms with Crippen LogP contribution >= 0.6 is 23.2 Å². The maximum absolute atomic E-state index is 13.7. The summed E-state index contributed by atoms with van der Waals surface area (Å²) in [5.41, 5.74) is 1.22. The molecule has 1 rings (SSSR count). The van der Waals surface area contributed by atoms with E-state index in [1.165, 1.54) is 31.5 Å². The summed E-state index contributed by atoms with van der Waals surface area (Å²) in [7, 11) is 4.01. The number of anilines is 1. The maximum Gasteiger partial charge on any atom is 0.272 e. The molecule has 0 saturated heterocycles. The molecular formula is C28H37Cl2F2N5O2. The summed E-state index contributed by atoms with van der Waals surface area (Å²) in [5.74, 6) is -4.16. The van der Waals surface area contributed by atoms with Gasteiger partial charge in [-0.2, -0.15) is 0 Å². The number of alkyl halides is 2. The van der Waals surface area contributed by atoms with Gasteiger partial charge in [0.25, 0.3) is 17.7 Å². The Morgan fingerprint density at radius 3 is 2.44 bits per heavy atom. The molecule has 1 aromatic rings. The zero-order valence-corrected chi connectivity index (χ0v) is 24.8. The van der Waals surface area contributed by atoms with Crippen LogP contribution in [0.3, 0.4) is 0 Å². The number of halogens is 4. The van der Waals surface area contributed by atoms with E-state index in [2.05, 4.69) is 32.1 Å². The van der Waals surface area contributed by atoms with Gasteiger partial charge in [0.2, 0.25) is 0 Å². The standard InChI is InChI=1S/C28H37Cl2F2N5O2/c1-8-33-25(24(30)18(2)11-9-10-14-37(6)7)27(39)35-17-20(4)34-16-19(3)26(38)36-21-12-13-23(29)22(15-21)28(5,31)32/h8,12-13,15-16H,2,9-11,14,17H2,1,3-7H3,(H,35,39)(H,36,38)/b19-16+,25-24+,33-8?,34-20?. The van der Waals surface area contributed by atoms with Crippen LogP contribution in [-0.2, 0) is 15.5 Å². The molecule has 0 aliphatic heterocycles. The molecule has 0 heterocycles. The quantitative estimate of drug-likeness (QED) is 0.110. The number of benzene rings is 1. The molecule has 1 aromatic carbocycles. The topological polar surface area (TPSA) is 86.2 Å². The van der Waals surface area contributed by atoms with Gasteiger partial charge in [-0.3, -0.25) is 19.6 Å². The minimum absolute atomic E-state index is 0.0654. The summed E-state index contributed by atoms with van der Waals surface area (Å²) in [6.07, 6.45) is 5.31. The molecule has 0 aliphatic rings. The number of rotatable bonds is 14. The molecule has 0 bridgehead atoms. The van der Waals surface area contributed by atoms with Gasteiger partial charge in [0.15, 0.2) is 0 Å². The predicted molar refractivity (Wildman–Crippen MR) is 158 cm³/mol. The van der Waals surface area contributed by atoms with Crippen LogP contribution in [0.25, 0.3) is 0 Å². The lowest BCUT2D eigenvalue weighted by Crippen LogP contribution is -2.29. The van der Waals surface area contributed by atoms with E-state index in [1.807, 2.05) is 14.1 Å². The second-order valence-electron chi connectivity index (χ2n) is 9.31. The van der Waals surface area contributed by atoms with Crippen molar-refractivity contribution < 1.29 is 18.4 Å². The summed E-state index contributed by atoms with van der Waals surface area (Å²) in [6, 6.07) is 3.86. The minimum Gasteiger partial charge on any atom is -0.345 e. The number of hydrogen-bond donors (Lipinski definition) is 2. The molecule has 2 N–H and O–H groups in total. The third-order valence-electron chi connectivity index (χ3n) is 5.36. The minimum atomic E-state index is -3.16. The smallest absolute Gasteiger partial charge is 0.272 e. The highest BCUT2D eigenvalue weighted by molar-refractivity contribution is 6.34. The Morgan fingerprint density at radius 1 is 1.18 bits per heavy atom. The van der Waals surface area contributed by atoms with Crippen molar-refractivity contribution in [1.82, 2.24) is 10.2 Å². The van der Waals surface area contributed by atoms with Crippen LogP contribution in [0.4, 0.5) is 14.5 Å². The average Bonchev–Trinajstić information content (AvgIpc) is 2.86. The normalized spacial score (nSPS) is 13.5. The zero-order chi connectivity index (χ0) is 29.8. The van der Waals surface area contributed by atoms with E-state index in [4.69, 9.17) is 23.2 Å². The molecule has 0 saturated carbocycles. The van der Waals surface area contributed by atoms with Crippen LogP contribution in [0.15, 0.2) is 62.8 Å². The fourth-order valence-electron chi connectivity index (χ4n) is 3.16. The monoisotopic (exact) mass is 583 g/mol. The SMILES string of the molecule is C=C(CCCCN(C)C)/C(Cl)=C(\N=CC)C(=O)NCC(C)=N/C=C(\C)C(=O)Nc1ccc(Cl)c(C(C)(F)F)c1. The van der Waals surface area contributed by atoms with Gasteiger partial charge >= 0.3 is 0 Å². The van der Waals surface area contributed by atoms with Crippen LogP contribution < -0.4 is 10.6 Å². The fourth-order valence-corrected chi connectivity index (χ4v) is 3.67. The van der Waals surface area contributed by atoms with Gasteiger partial charge in [0, 0.05) is 46.9 Å². The van der Waals surface area contributed by atoms with E-state index in [0.717, 1.165) is 32.4 Å². The third kappa shape index (κ3) is 12.2. The van der Waals surface area contributed by atoms with E-state index in [-0.39, 0.29) is 39.1 Å². The van der Waals surface area contributed by atoms with E-state index < -0.39 is 17.7 Å². The van der Waals surface area contributed by atoms with Gasteiger partial charge < -0.3 is 15.5 Å². The van der Waals surface area contributed by atoms with E-state index in [1.54, 1.807) is 13.8 Å². The van der Waals surface area contributed by atoms with Crippen LogP contribution in [0.5, 0.6) is 0 Å². The van der Waals surface area contributed by atoms with Gasteiger partial charge in [-0.25, -0.2) is 8.78 Å². The maximum atomic E-state index is 13.7. The Bertz CT molecular complexity index is 1170. The van der Waals surface area contributed by atoms with E-state index in [0.29, 0.717) is 17.7 Å². The van der Waals surface area contributed by atoms with Crippen LogP contribution in [-0.4, -0.2) is 55.8 Å². The Balaban J connectivity index is 2.82. The first-order chi connectivity index (χ1) is 18.2. The van der Waals surface area contributed by atoms with Crippen molar-refractivity contribution in [3.63, 3.8) is 0 Å². The van der Waals surface area contributed by atoms with Gasteiger partial charge in [0.1, 0.15) is 5.70 Å². The van der Waals surface area contributed by atoms with Crippen molar-refractivity contribution in [2.45, 2.75) is 52.9 Å². The number of nitrogens with one attached hydrogen (secondary N) is 2. The molecule has 7 nitrogen and oxygen atoms in total. The first-order valence-electron chi connectivity index (χ1n) is 12.4. The van der Waals surface area contributed by atoms with Gasteiger partial charge in [0.05, 0.1) is 11.6 Å². The molecule has 0 radical (unpaired) electrons. The molecule has 0 unspecified atom stereocenters. The highest BCUT2D eigenvalue weighted by Crippen LogP contribution is 2.34. The van der Waals surface area contributed by atoms with Gasteiger partial charge in [-0.1, -0.05) is 29.8 Å². The second-order valence-corrected chi connectivity index (χ2v) is 10.1. The zero-order valence-electron chi connectivity index (χ0n) is 23.3. The van der Waals surface area contributed by atoms with Crippen molar-refractivity contribution in [2.24, 2.45) is 9.98 Å². The third-order valence-corrected chi connectivity index (χ3v) is 6.14.